The van der Waals surface area contributed by atoms with Gasteiger partial charge in [-0.15, -0.1) is 25.6 Å². The summed E-state index contributed by atoms with van der Waals surface area (Å²) in [5.74, 6) is -2.43. The minimum atomic E-state index is -4.98. The van der Waals surface area contributed by atoms with Gasteiger partial charge in [-0.2, -0.15) is 0 Å². The van der Waals surface area contributed by atoms with E-state index in [2.05, 4.69) is 15.4 Å². The molecule has 0 unspecified atom stereocenters. The fourth-order valence-electron chi connectivity index (χ4n) is 1.70. The summed E-state index contributed by atoms with van der Waals surface area (Å²) in [6.45, 7) is 1.44. The molecular weight excluding hydrogens is 342 g/mol. The lowest BCUT2D eigenvalue weighted by Gasteiger charge is -2.33. The van der Waals surface area contributed by atoms with Crippen LogP contribution < -0.4 is 15.4 Å². The van der Waals surface area contributed by atoms with E-state index in [1.807, 2.05) is 0 Å². The summed E-state index contributed by atoms with van der Waals surface area (Å²) in [5, 5.41) is 20.1. The number of halogens is 5. The predicted octanol–water partition coefficient (Wildman–Crippen LogP) is 2.72. The highest BCUT2D eigenvalue weighted by Gasteiger charge is 2.32. The van der Waals surface area contributed by atoms with Gasteiger partial charge in [0.15, 0.2) is 23.5 Å². The van der Waals surface area contributed by atoms with Gasteiger partial charge in [0.2, 0.25) is 0 Å². The SMILES string of the molecule is Cl.N=C(NC(=N)N1CCC1)Nc1ccc(OC(F)(F)F)c(F)c1. The summed E-state index contributed by atoms with van der Waals surface area (Å²) in [5.41, 5.74) is 0.0564. The molecule has 0 amide bonds. The summed E-state index contributed by atoms with van der Waals surface area (Å²) in [6.07, 6.45) is -4.01. The van der Waals surface area contributed by atoms with Crippen molar-refractivity contribution in [2.45, 2.75) is 12.8 Å². The van der Waals surface area contributed by atoms with Crippen LogP contribution in [0.4, 0.5) is 23.2 Å². The van der Waals surface area contributed by atoms with Gasteiger partial charge in [-0.1, -0.05) is 0 Å². The molecule has 128 valence electrons. The largest absolute Gasteiger partial charge is 0.573 e. The standard InChI is InChI=1S/C12H13F4N5O.ClH/c13-8-6-7(2-3-9(8)22-12(14,15)16)19-10(17)20-11(18)21-4-1-5-21;/h2-3,6H,1,4-5H2,(H4,17,18,19,20);1H. The van der Waals surface area contributed by atoms with Crippen LogP contribution in [0.5, 0.6) is 5.75 Å². The molecule has 1 saturated heterocycles. The van der Waals surface area contributed by atoms with Crippen LogP contribution in [0.2, 0.25) is 0 Å². The fourth-order valence-corrected chi connectivity index (χ4v) is 1.70. The lowest BCUT2D eigenvalue weighted by atomic mass is 10.2. The first kappa shape index (κ1) is 18.8. The zero-order chi connectivity index (χ0) is 16.3. The zero-order valence-corrected chi connectivity index (χ0v) is 12.4. The second kappa shape index (κ2) is 7.36. The molecule has 1 fully saturated rings. The molecule has 4 N–H and O–H groups in total. The van der Waals surface area contributed by atoms with Crippen LogP contribution in [-0.4, -0.2) is 36.3 Å². The molecule has 1 aromatic rings. The first-order valence-electron chi connectivity index (χ1n) is 6.26. The Kier molecular flexibility index (Phi) is 6.02. The van der Waals surface area contributed by atoms with Gasteiger partial charge in [0.05, 0.1) is 0 Å². The number of nitrogens with zero attached hydrogens (tertiary/aromatic N) is 1. The lowest BCUT2D eigenvalue weighted by molar-refractivity contribution is -0.275. The monoisotopic (exact) mass is 355 g/mol. The summed E-state index contributed by atoms with van der Waals surface area (Å²) in [4.78, 5) is 1.69. The Hall–Kier alpha value is -2.23. The third-order valence-electron chi connectivity index (χ3n) is 2.84. The van der Waals surface area contributed by atoms with E-state index in [0.717, 1.165) is 37.7 Å². The maximum absolute atomic E-state index is 13.5. The van der Waals surface area contributed by atoms with E-state index in [1.54, 1.807) is 4.90 Å². The predicted molar refractivity (Wildman–Crippen MR) is 78.7 cm³/mol. The van der Waals surface area contributed by atoms with Crippen molar-refractivity contribution in [1.29, 1.82) is 10.8 Å². The van der Waals surface area contributed by atoms with Gasteiger partial charge in [0.1, 0.15) is 0 Å². The van der Waals surface area contributed by atoms with Crippen LogP contribution >= 0.6 is 12.4 Å². The van der Waals surface area contributed by atoms with Crippen molar-refractivity contribution in [2.75, 3.05) is 18.4 Å². The fraction of sp³-hybridized carbons (Fsp3) is 0.333. The molecule has 0 spiro atoms. The average Bonchev–Trinajstić information content (AvgIpc) is 2.28. The van der Waals surface area contributed by atoms with Gasteiger partial charge in [-0.25, -0.2) is 4.39 Å². The Morgan fingerprint density at radius 2 is 1.87 bits per heavy atom. The van der Waals surface area contributed by atoms with Crippen molar-refractivity contribution in [3.63, 3.8) is 0 Å². The highest BCUT2D eigenvalue weighted by Crippen LogP contribution is 2.27. The first-order valence-corrected chi connectivity index (χ1v) is 6.26. The van der Waals surface area contributed by atoms with Crippen LogP contribution in [0.25, 0.3) is 0 Å². The Bertz CT molecular complexity index is 591. The average molecular weight is 356 g/mol. The van der Waals surface area contributed by atoms with Gasteiger partial charge in [-0.3, -0.25) is 16.1 Å². The third kappa shape index (κ3) is 5.47. The van der Waals surface area contributed by atoms with Crippen LogP contribution in [0.1, 0.15) is 6.42 Å². The van der Waals surface area contributed by atoms with E-state index in [9.17, 15) is 17.6 Å². The number of guanidine groups is 2. The highest BCUT2D eigenvalue weighted by molar-refractivity contribution is 6.02. The maximum Gasteiger partial charge on any atom is 0.573 e. The highest BCUT2D eigenvalue weighted by atomic mass is 35.5. The molecule has 1 aromatic carbocycles. The molecule has 0 saturated carbocycles. The van der Waals surface area contributed by atoms with Crippen molar-refractivity contribution in [1.82, 2.24) is 10.2 Å². The summed E-state index contributed by atoms with van der Waals surface area (Å²) >= 11 is 0. The molecule has 0 bridgehead atoms. The normalized spacial score (nSPS) is 13.5. The van der Waals surface area contributed by atoms with Gasteiger partial charge < -0.3 is 15.0 Å². The van der Waals surface area contributed by atoms with Gasteiger partial charge in [-0.05, 0) is 18.6 Å². The Labute approximate surface area is 135 Å². The summed E-state index contributed by atoms with van der Waals surface area (Å²) < 4.78 is 53.0. The van der Waals surface area contributed by atoms with E-state index < -0.39 is 17.9 Å². The van der Waals surface area contributed by atoms with Crippen LogP contribution in [0.3, 0.4) is 0 Å². The quantitative estimate of drug-likeness (QED) is 0.373. The van der Waals surface area contributed by atoms with Crippen molar-refractivity contribution in [2.24, 2.45) is 0 Å². The van der Waals surface area contributed by atoms with Gasteiger partial charge in [0.25, 0.3) is 0 Å². The van der Waals surface area contributed by atoms with Gasteiger partial charge >= 0.3 is 6.36 Å². The number of likely N-dealkylation sites (tertiary alicyclic amines) is 1. The number of rotatable bonds is 2. The van der Waals surface area contributed by atoms with E-state index in [4.69, 9.17) is 10.8 Å². The van der Waals surface area contributed by atoms with Crippen molar-refractivity contribution < 1.29 is 22.3 Å². The molecule has 6 nitrogen and oxygen atoms in total. The molecule has 0 radical (unpaired) electrons. The third-order valence-corrected chi connectivity index (χ3v) is 2.84. The minimum absolute atomic E-state index is 0. The molecule has 0 aromatic heterocycles. The molecule has 1 aliphatic rings. The molecule has 2 rings (SSSR count). The molecule has 11 heteroatoms. The minimum Gasteiger partial charge on any atom is -0.403 e. The number of hydrogen-bond donors (Lipinski definition) is 4. The van der Waals surface area contributed by atoms with Crippen LogP contribution in [-0.2, 0) is 0 Å². The molecular formula is C12H14ClF4N5O. The summed E-state index contributed by atoms with van der Waals surface area (Å²) in [6, 6.07) is 2.71. The Morgan fingerprint density at radius 1 is 1.22 bits per heavy atom. The molecule has 1 aliphatic heterocycles. The molecule has 0 aliphatic carbocycles. The first-order chi connectivity index (χ1) is 10.2. The van der Waals surface area contributed by atoms with E-state index >= 15 is 0 Å². The molecule has 0 atom stereocenters. The number of hydrogen-bond acceptors (Lipinski definition) is 3. The topological polar surface area (TPSA) is 84.2 Å². The van der Waals surface area contributed by atoms with E-state index in [1.165, 1.54) is 0 Å². The summed E-state index contributed by atoms with van der Waals surface area (Å²) in [7, 11) is 0. The molecule has 23 heavy (non-hydrogen) atoms. The van der Waals surface area contributed by atoms with Crippen molar-refractivity contribution in [3.05, 3.63) is 24.0 Å². The van der Waals surface area contributed by atoms with Crippen molar-refractivity contribution in [3.8, 4) is 5.75 Å². The number of benzene rings is 1. The number of ether oxygens (including phenoxy) is 1. The zero-order valence-electron chi connectivity index (χ0n) is 11.6. The molecule has 1 heterocycles. The Morgan fingerprint density at radius 3 is 2.35 bits per heavy atom. The number of alkyl halides is 3. The van der Waals surface area contributed by atoms with Crippen LogP contribution in [0.15, 0.2) is 18.2 Å². The smallest absolute Gasteiger partial charge is 0.403 e. The van der Waals surface area contributed by atoms with E-state index in [0.29, 0.717) is 0 Å². The Balaban J connectivity index is 0.00000264. The van der Waals surface area contributed by atoms with E-state index in [-0.39, 0.29) is 30.0 Å². The number of anilines is 1. The van der Waals surface area contributed by atoms with Crippen molar-refractivity contribution >= 4 is 30.0 Å². The lowest BCUT2D eigenvalue weighted by Crippen LogP contribution is -2.51. The van der Waals surface area contributed by atoms with Crippen LogP contribution in [0, 0.1) is 16.6 Å². The second-order valence-electron chi connectivity index (χ2n) is 4.51. The van der Waals surface area contributed by atoms with Gasteiger partial charge in [0, 0.05) is 24.8 Å². The second-order valence-corrected chi connectivity index (χ2v) is 4.51. The maximum atomic E-state index is 13.5. The number of nitrogens with one attached hydrogen (secondary N) is 4.